The van der Waals surface area contributed by atoms with Crippen LogP contribution in [0.15, 0.2) is 41.7 Å². The first kappa shape index (κ1) is 21.9. The normalized spacial score (nSPS) is 15.4. The molecular formula is C21H34N6O. The summed E-state index contributed by atoms with van der Waals surface area (Å²) in [5.74, 6) is 0.686. The van der Waals surface area contributed by atoms with Gasteiger partial charge in [-0.1, -0.05) is 29.8 Å². The molecule has 28 heavy (non-hydrogen) atoms. The molecule has 7 heteroatoms. The van der Waals surface area contributed by atoms with Crippen molar-refractivity contribution in [3.05, 3.63) is 53.3 Å². The summed E-state index contributed by atoms with van der Waals surface area (Å²) in [5, 5.41) is 21.6. The summed E-state index contributed by atoms with van der Waals surface area (Å²) in [7, 11) is 5.98. The molecule has 0 bridgehead atoms. The third kappa shape index (κ3) is 6.07. The van der Waals surface area contributed by atoms with Crippen LogP contribution in [0.2, 0.25) is 0 Å². The van der Waals surface area contributed by atoms with Crippen LogP contribution < -0.4 is 10.6 Å². The molecule has 2 atom stereocenters. The van der Waals surface area contributed by atoms with E-state index in [0.717, 1.165) is 12.1 Å². The molecule has 0 aliphatic heterocycles. The van der Waals surface area contributed by atoms with E-state index in [1.807, 2.05) is 20.2 Å². The molecule has 0 aliphatic carbocycles. The molecule has 0 amide bonds. The number of rotatable bonds is 8. The fourth-order valence-corrected chi connectivity index (χ4v) is 2.95. The summed E-state index contributed by atoms with van der Waals surface area (Å²) in [4.78, 5) is 6.79. The standard InChI is InChI=1S/C21H34N6O/c1-7-22-20(24-15-21(3,28)18-12-25-27(6)14-18)23-13-19(26(4)5)17-10-8-16(2)9-11-17/h8-12,14,19,28H,7,13,15H2,1-6H3,(H2,22,23,24). The second kappa shape index (κ2) is 9.71. The van der Waals surface area contributed by atoms with Gasteiger partial charge in [0.05, 0.1) is 18.8 Å². The summed E-state index contributed by atoms with van der Waals surface area (Å²) >= 11 is 0. The second-order valence-electron chi connectivity index (χ2n) is 7.64. The van der Waals surface area contributed by atoms with E-state index >= 15 is 0 Å². The first-order chi connectivity index (χ1) is 13.2. The van der Waals surface area contributed by atoms with E-state index in [4.69, 9.17) is 0 Å². The monoisotopic (exact) mass is 386 g/mol. The molecule has 0 spiro atoms. The summed E-state index contributed by atoms with van der Waals surface area (Å²) < 4.78 is 1.68. The summed E-state index contributed by atoms with van der Waals surface area (Å²) in [5.41, 5.74) is 2.18. The number of aliphatic imine (C=N–C) groups is 1. The highest BCUT2D eigenvalue weighted by Crippen LogP contribution is 2.20. The van der Waals surface area contributed by atoms with Crippen molar-refractivity contribution in [3.63, 3.8) is 0 Å². The van der Waals surface area contributed by atoms with Crippen molar-refractivity contribution in [3.8, 4) is 0 Å². The lowest BCUT2D eigenvalue weighted by molar-refractivity contribution is 0.0671. The molecule has 0 saturated heterocycles. The molecular weight excluding hydrogens is 352 g/mol. The SMILES string of the molecule is CCNC(=NCC(C)(O)c1cnn(C)c1)NCC(c1ccc(C)cc1)N(C)C. The van der Waals surface area contributed by atoms with Gasteiger partial charge in [-0.2, -0.15) is 5.10 Å². The predicted molar refractivity (Wildman–Crippen MR) is 114 cm³/mol. The minimum atomic E-state index is -1.07. The van der Waals surface area contributed by atoms with Crippen LogP contribution in [-0.4, -0.2) is 59.5 Å². The van der Waals surface area contributed by atoms with Crippen LogP contribution >= 0.6 is 0 Å². The van der Waals surface area contributed by atoms with Gasteiger partial charge in [0.2, 0.25) is 0 Å². The maximum absolute atomic E-state index is 10.8. The molecule has 2 aromatic rings. The maximum atomic E-state index is 10.8. The predicted octanol–water partition coefficient (Wildman–Crippen LogP) is 1.79. The molecule has 1 heterocycles. The van der Waals surface area contributed by atoms with Gasteiger partial charge >= 0.3 is 0 Å². The van der Waals surface area contributed by atoms with Crippen molar-refractivity contribution in [2.75, 3.05) is 33.7 Å². The highest BCUT2D eigenvalue weighted by atomic mass is 16.3. The van der Waals surface area contributed by atoms with Gasteiger partial charge in [-0.3, -0.25) is 4.68 Å². The summed E-state index contributed by atoms with van der Waals surface area (Å²) in [6, 6.07) is 8.81. The Morgan fingerprint density at radius 1 is 1.29 bits per heavy atom. The molecule has 154 valence electrons. The third-order valence-electron chi connectivity index (χ3n) is 4.76. The average Bonchev–Trinajstić information content (AvgIpc) is 3.08. The van der Waals surface area contributed by atoms with Crippen LogP contribution in [-0.2, 0) is 12.6 Å². The fraction of sp³-hybridized carbons (Fsp3) is 0.524. The second-order valence-corrected chi connectivity index (χ2v) is 7.64. The van der Waals surface area contributed by atoms with E-state index in [2.05, 4.69) is 70.9 Å². The number of guanidine groups is 1. The molecule has 0 aliphatic rings. The van der Waals surface area contributed by atoms with Crippen LogP contribution in [0, 0.1) is 6.92 Å². The van der Waals surface area contributed by atoms with E-state index in [1.54, 1.807) is 17.8 Å². The van der Waals surface area contributed by atoms with Crippen LogP contribution in [0.4, 0.5) is 0 Å². The van der Waals surface area contributed by atoms with Crippen LogP contribution in [0.5, 0.6) is 0 Å². The van der Waals surface area contributed by atoms with Crippen LogP contribution in [0.1, 0.15) is 36.6 Å². The molecule has 2 unspecified atom stereocenters. The van der Waals surface area contributed by atoms with Gasteiger partial charge in [-0.15, -0.1) is 0 Å². The van der Waals surface area contributed by atoms with Crippen molar-refractivity contribution in [2.24, 2.45) is 12.0 Å². The molecule has 7 nitrogen and oxygen atoms in total. The Hall–Kier alpha value is -2.38. The molecule has 0 radical (unpaired) electrons. The van der Waals surface area contributed by atoms with Gasteiger partial charge in [0, 0.05) is 31.9 Å². The molecule has 2 rings (SSSR count). The Morgan fingerprint density at radius 2 is 1.96 bits per heavy atom. The van der Waals surface area contributed by atoms with Crippen molar-refractivity contribution in [2.45, 2.75) is 32.4 Å². The number of nitrogens with zero attached hydrogens (tertiary/aromatic N) is 4. The minimum absolute atomic E-state index is 0.211. The van der Waals surface area contributed by atoms with Gasteiger partial charge in [0.15, 0.2) is 5.96 Å². The number of aryl methyl sites for hydroxylation is 2. The molecule has 1 aromatic carbocycles. The summed E-state index contributed by atoms with van der Waals surface area (Å²) in [6.07, 6.45) is 3.49. The Kier molecular flexibility index (Phi) is 7.60. The topological polar surface area (TPSA) is 77.7 Å². The van der Waals surface area contributed by atoms with Crippen molar-refractivity contribution in [1.82, 2.24) is 25.3 Å². The Bertz CT molecular complexity index is 763. The average molecular weight is 387 g/mol. The summed E-state index contributed by atoms with van der Waals surface area (Å²) in [6.45, 7) is 7.57. The van der Waals surface area contributed by atoms with Crippen molar-refractivity contribution < 1.29 is 5.11 Å². The van der Waals surface area contributed by atoms with Crippen LogP contribution in [0.25, 0.3) is 0 Å². The molecule has 0 fully saturated rings. The first-order valence-electron chi connectivity index (χ1n) is 9.69. The van der Waals surface area contributed by atoms with Crippen molar-refractivity contribution >= 4 is 5.96 Å². The number of hydrogen-bond acceptors (Lipinski definition) is 4. The number of aromatic nitrogens is 2. The lowest BCUT2D eigenvalue weighted by atomic mass is 10.0. The van der Waals surface area contributed by atoms with Gasteiger partial charge in [0.1, 0.15) is 5.60 Å². The van der Waals surface area contributed by atoms with Gasteiger partial charge in [0.25, 0.3) is 0 Å². The highest BCUT2D eigenvalue weighted by Gasteiger charge is 2.24. The van der Waals surface area contributed by atoms with Crippen LogP contribution in [0.3, 0.4) is 0 Å². The Balaban J connectivity index is 2.07. The zero-order valence-corrected chi connectivity index (χ0v) is 17.9. The van der Waals surface area contributed by atoms with E-state index in [-0.39, 0.29) is 12.6 Å². The van der Waals surface area contributed by atoms with E-state index < -0.39 is 5.60 Å². The zero-order valence-electron chi connectivity index (χ0n) is 17.9. The van der Waals surface area contributed by atoms with E-state index in [9.17, 15) is 5.11 Å². The third-order valence-corrected chi connectivity index (χ3v) is 4.76. The maximum Gasteiger partial charge on any atom is 0.191 e. The first-order valence-corrected chi connectivity index (χ1v) is 9.69. The molecule has 1 aromatic heterocycles. The number of likely N-dealkylation sites (N-methyl/N-ethyl adjacent to an activating group) is 1. The van der Waals surface area contributed by atoms with E-state index in [1.165, 1.54) is 11.1 Å². The molecule has 0 saturated carbocycles. The molecule has 3 N–H and O–H groups in total. The Labute approximate surface area is 168 Å². The van der Waals surface area contributed by atoms with E-state index in [0.29, 0.717) is 12.5 Å². The smallest absolute Gasteiger partial charge is 0.191 e. The number of aliphatic hydroxyl groups is 1. The fourth-order valence-electron chi connectivity index (χ4n) is 2.95. The number of hydrogen-bond donors (Lipinski definition) is 3. The van der Waals surface area contributed by atoms with Gasteiger partial charge in [-0.05, 0) is 40.4 Å². The minimum Gasteiger partial charge on any atom is -0.383 e. The zero-order chi connectivity index (χ0) is 20.7. The Morgan fingerprint density at radius 3 is 2.50 bits per heavy atom. The lowest BCUT2D eigenvalue weighted by Gasteiger charge is -2.26. The largest absolute Gasteiger partial charge is 0.383 e. The lowest BCUT2D eigenvalue weighted by Crippen LogP contribution is -2.42. The quantitative estimate of drug-likeness (QED) is 0.476. The highest BCUT2D eigenvalue weighted by molar-refractivity contribution is 5.79. The number of nitrogens with one attached hydrogen (secondary N) is 2. The number of benzene rings is 1. The van der Waals surface area contributed by atoms with Gasteiger partial charge in [-0.25, -0.2) is 4.99 Å². The van der Waals surface area contributed by atoms with Gasteiger partial charge < -0.3 is 20.6 Å². The van der Waals surface area contributed by atoms with Crippen molar-refractivity contribution in [1.29, 1.82) is 0 Å².